The Kier molecular flexibility index (Phi) is 2.65. The summed E-state index contributed by atoms with van der Waals surface area (Å²) in [7, 11) is 0. The third-order valence-corrected chi connectivity index (χ3v) is 3.20. The molecule has 90 valence electrons. The molecule has 0 bridgehead atoms. The number of carbonyl (C=O) groups is 1. The van der Waals surface area contributed by atoms with Gasteiger partial charge in [-0.25, -0.2) is 0 Å². The molecule has 4 nitrogen and oxygen atoms in total. The van der Waals surface area contributed by atoms with E-state index in [0.717, 1.165) is 11.1 Å². The van der Waals surface area contributed by atoms with Crippen molar-refractivity contribution < 1.29 is 4.79 Å². The topological polar surface area (TPSA) is 70.2 Å². The molecule has 0 saturated carbocycles. The monoisotopic (exact) mass is 231 g/mol. The van der Waals surface area contributed by atoms with Crippen molar-refractivity contribution in [3.05, 3.63) is 35.4 Å². The second-order valence-electron chi connectivity index (χ2n) is 5.11. The summed E-state index contributed by atoms with van der Waals surface area (Å²) in [6.45, 7) is 4.79. The van der Waals surface area contributed by atoms with Crippen LogP contribution in [0.1, 0.15) is 25.0 Å². The van der Waals surface area contributed by atoms with Gasteiger partial charge in [-0.2, -0.15) is 0 Å². The lowest BCUT2D eigenvalue weighted by atomic mass is 9.92. The second kappa shape index (κ2) is 3.87. The number of carbonyl (C=O) groups excluding carboxylic acids is 1. The van der Waals surface area contributed by atoms with E-state index >= 15 is 0 Å². The lowest BCUT2D eigenvalue weighted by Gasteiger charge is -2.28. The molecule has 1 aliphatic rings. The number of hydrogen-bond acceptors (Lipinski definition) is 2. The van der Waals surface area contributed by atoms with Gasteiger partial charge in [-0.1, -0.05) is 24.3 Å². The second-order valence-corrected chi connectivity index (χ2v) is 5.11. The molecule has 0 saturated heterocycles. The molecule has 0 aliphatic carbocycles. The van der Waals surface area contributed by atoms with Gasteiger partial charge in [0.05, 0.1) is 5.41 Å². The first-order valence-corrected chi connectivity index (χ1v) is 5.63. The van der Waals surface area contributed by atoms with Crippen LogP contribution in [0.2, 0.25) is 0 Å². The van der Waals surface area contributed by atoms with Crippen LogP contribution in [0.5, 0.6) is 0 Å². The molecule has 0 aromatic heterocycles. The highest BCUT2D eigenvalue weighted by atomic mass is 16.1. The van der Waals surface area contributed by atoms with Crippen LogP contribution < -0.4 is 5.73 Å². The van der Waals surface area contributed by atoms with E-state index < -0.39 is 5.41 Å². The smallest absolute Gasteiger partial charge is 0.224 e. The van der Waals surface area contributed by atoms with Gasteiger partial charge in [0.25, 0.3) is 0 Å². The fourth-order valence-corrected chi connectivity index (χ4v) is 2.03. The number of nitrogens with two attached hydrogens (primary N) is 1. The van der Waals surface area contributed by atoms with Gasteiger partial charge in [0.1, 0.15) is 5.84 Å². The molecular formula is C13H17N3O. The number of fused-ring (bicyclic) bond motifs is 1. The van der Waals surface area contributed by atoms with E-state index in [1.54, 1.807) is 0 Å². The van der Waals surface area contributed by atoms with Crippen LogP contribution in [0.3, 0.4) is 0 Å². The highest BCUT2D eigenvalue weighted by molar-refractivity contribution is 6.00. The minimum atomic E-state index is -0.617. The van der Waals surface area contributed by atoms with Crippen LogP contribution in [0.15, 0.2) is 24.3 Å². The van der Waals surface area contributed by atoms with E-state index in [9.17, 15) is 4.79 Å². The van der Waals surface area contributed by atoms with Gasteiger partial charge in [-0.3, -0.25) is 10.2 Å². The number of amides is 1. The Labute approximate surface area is 101 Å². The quantitative estimate of drug-likeness (QED) is 0.824. The first kappa shape index (κ1) is 11.6. The summed E-state index contributed by atoms with van der Waals surface area (Å²) >= 11 is 0. The first-order chi connectivity index (χ1) is 7.92. The average Bonchev–Trinajstić information content (AvgIpc) is 2.56. The predicted molar refractivity (Wildman–Crippen MR) is 66.7 cm³/mol. The maximum atomic E-state index is 11.3. The number of primary amides is 1. The van der Waals surface area contributed by atoms with Gasteiger partial charge in [0, 0.05) is 18.7 Å². The number of rotatable bonds is 3. The summed E-state index contributed by atoms with van der Waals surface area (Å²) in [6, 6.07) is 7.85. The average molecular weight is 231 g/mol. The van der Waals surface area contributed by atoms with Gasteiger partial charge in [-0.15, -0.1) is 0 Å². The number of hydrogen-bond donors (Lipinski definition) is 2. The van der Waals surface area contributed by atoms with Crippen molar-refractivity contribution in [2.75, 3.05) is 6.54 Å². The Bertz CT molecular complexity index is 479. The van der Waals surface area contributed by atoms with Crippen LogP contribution in [0, 0.1) is 10.8 Å². The third kappa shape index (κ3) is 2.02. The van der Waals surface area contributed by atoms with Crippen molar-refractivity contribution in [2.45, 2.75) is 20.4 Å². The maximum Gasteiger partial charge on any atom is 0.224 e. The minimum Gasteiger partial charge on any atom is -0.369 e. The van der Waals surface area contributed by atoms with Crippen molar-refractivity contribution >= 4 is 11.7 Å². The zero-order valence-corrected chi connectivity index (χ0v) is 10.2. The van der Waals surface area contributed by atoms with Crippen molar-refractivity contribution in [1.29, 1.82) is 5.41 Å². The molecule has 3 N–H and O–H groups in total. The lowest BCUT2D eigenvalue weighted by molar-refractivity contribution is -0.126. The van der Waals surface area contributed by atoms with Crippen molar-refractivity contribution in [1.82, 2.24) is 4.90 Å². The van der Waals surface area contributed by atoms with Crippen molar-refractivity contribution in [3.63, 3.8) is 0 Å². The van der Waals surface area contributed by atoms with E-state index in [4.69, 9.17) is 11.1 Å². The Morgan fingerprint density at radius 3 is 2.71 bits per heavy atom. The molecule has 1 aromatic carbocycles. The number of benzene rings is 1. The standard InChI is InChI=1S/C13H17N3O/c1-13(2,12(15)17)8-16-7-9-5-3-4-6-10(9)11(16)14/h3-6,14H,7-8H2,1-2H3,(H2,15,17). The lowest BCUT2D eigenvalue weighted by Crippen LogP contribution is -2.42. The molecule has 0 fully saturated rings. The highest BCUT2D eigenvalue weighted by Gasteiger charge is 2.32. The summed E-state index contributed by atoms with van der Waals surface area (Å²) in [5.74, 6) is 0.149. The molecule has 1 heterocycles. The van der Waals surface area contributed by atoms with Gasteiger partial charge < -0.3 is 10.6 Å². The number of amidine groups is 1. The zero-order chi connectivity index (χ0) is 12.6. The van der Waals surface area contributed by atoms with Gasteiger partial charge in [-0.05, 0) is 19.4 Å². The zero-order valence-electron chi connectivity index (χ0n) is 10.2. The van der Waals surface area contributed by atoms with E-state index in [1.165, 1.54) is 0 Å². The summed E-state index contributed by atoms with van der Waals surface area (Å²) in [4.78, 5) is 13.2. The highest BCUT2D eigenvalue weighted by Crippen LogP contribution is 2.26. The summed E-state index contributed by atoms with van der Waals surface area (Å²) in [6.07, 6.45) is 0. The summed E-state index contributed by atoms with van der Waals surface area (Å²) in [5.41, 5.74) is 6.83. The molecule has 17 heavy (non-hydrogen) atoms. The Hall–Kier alpha value is -1.84. The molecule has 0 spiro atoms. The molecule has 4 heteroatoms. The van der Waals surface area contributed by atoms with Crippen molar-refractivity contribution in [3.8, 4) is 0 Å². The largest absolute Gasteiger partial charge is 0.369 e. The van der Waals surface area contributed by atoms with Crippen LogP contribution in [0.25, 0.3) is 0 Å². The van der Waals surface area contributed by atoms with Crippen LogP contribution >= 0.6 is 0 Å². The molecule has 0 atom stereocenters. The number of nitrogens with one attached hydrogen (secondary N) is 1. The third-order valence-electron chi connectivity index (χ3n) is 3.20. The molecule has 0 unspecified atom stereocenters. The normalized spacial score (nSPS) is 14.9. The summed E-state index contributed by atoms with van der Waals surface area (Å²) in [5, 5.41) is 8.08. The maximum absolute atomic E-state index is 11.3. The number of nitrogens with zero attached hydrogens (tertiary/aromatic N) is 1. The van der Waals surface area contributed by atoms with Crippen LogP contribution in [-0.4, -0.2) is 23.2 Å². The van der Waals surface area contributed by atoms with Gasteiger partial charge >= 0.3 is 0 Å². The van der Waals surface area contributed by atoms with Crippen LogP contribution in [-0.2, 0) is 11.3 Å². The Balaban J connectivity index is 2.19. The van der Waals surface area contributed by atoms with E-state index in [1.807, 2.05) is 43.0 Å². The fraction of sp³-hybridized carbons (Fsp3) is 0.385. The molecule has 0 radical (unpaired) electrons. The Morgan fingerprint density at radius 2 is 2.12 bits per heavy atom. The van der Waals surface area contributed by atoms with Crippen LogP contribution in [0.4, 0.5) is 0 Å². The predicted octanol–water partition coefficient (Wildman–Crippen LogP) is 1.34. The fourth-order valence-electron chi connectivity index (χ4n) is 2.03. The Morgan fingerprint density at radius 1 is 1.47 bits per heavy atom. The molecular weight excluding hydrogens is 214 g/mol. The molecule has 2 rings (SSSR count). The van der Waals surface area contributed by atoms with Gasteiger partial charge in [0.15, 0.2) is 0 Å². The molecule has 1 aromatic rings. The van der Waals surface area contributed by atoms with E-state index in [-0.39, 0.29) is 5.91 Å². The van der Waals surface area contributed by atoms with Crippen molar-refractivity contribution in [2.24, 2.45) is 11.1 Å². The molecule has 1 amide bonds. The summed E-state index contributed by atoms with van der Waals surface area (Å²) < 4.78 is 0. The first-order valence-electron chi connectivity index (χ1n) is 5.63. The molecule has 1 aliphatic heterocycles. The minimum absolute atomic E-state index is 0.332. The SMILES string of the molecule is CC(C)(CN1Cc2ccccc2C1=N)C(N)=O. The van der Waals surface area contributed by atoms with Gasteiger partial charge in [0.2, 0.25) is 5.91 Å². The van der Waals surface area contributed by atoms with E-state index in [0.29, 0.717) is 18.9 Å². The van der Waals surface area contributed by atoms with E-state index in [2.05, 4.69) is 0 Å².